The van der Waals surface area contributed by atoms with Crippen LogP contribution in [-0.4, -0.2) is 46.6 Å². The van der Waals surface area contributed by atoms with Crippen molar-refractivity contribution in [1.29, 1.82) is 0 Å². The highest BCUT2D eigenvalue weighted by Crippen LogP contribution is 2.46. The second-order valence-electron chi connectivity index (χ2n) is 8.82. The molecule has 0 amide bonds. The Kier molecular flexibility index (Phi) is 7.52. The zero-order valence-electron chi connectivity index (χ0n) is 17.8. The Morgan fingerprint density at radius 1 is 1.17 bits per heavy atom. The van der Waals surface area contributed by atoms with Crippen LogP contribution < -0.4 is 0 Å². The Labute approximate surface area is 171 Å². The first-order valence-corrected chi connectivity index (χ1v) is 10.0. The SMILES string of the molecule is CC(C)COC(=O)[C@H]1C(=O)C[C@@](C)(O)[C@H](C(=O)OCC(C)C)[C@@H]1c1cccnc1. The number of Topliss-reactive ketones (excluding diaryl/α,β-unsaturated/α-hetero) is 1. The zero-order chi connectivity index (χ0) is 21.8. The van der Waals surface area contributed by atoms with E-state index < -0.39 is 41.1 Å². The molecule has 1 N–H and O–H groups in total. The number of carbonyl (C=O) groups is 3. The minimum atomic E-state index is -1.65. The predicted octanol–water partition coefficient (Wildman–Crippen LogP) is 2.52. The van der Waals surface area contributed by atoms with E-state index in [4.69, 9.17) is 9.47 Å². The summed E-state index contributed by atoms with van der Waals surface area (Å²) < 4.78 is 10.8. The minimum Gasteiger partial charge on any atom is -0.465 e. The second-order valence-corrected chi connectivity index (χ2v) is 8.82. The summed E-state index contributed by atoms with van der Waals surface area (Å²) in [5.41, 5.74) is -1.14. The van der Waals surface area contributed by atoms with E-state index in [-0.39, 0.29) is 31.5 Å². The van der Waals surface area contributed by atoms with Crippen LogP contribution in [-0.2, 0) is 23.9 Å². The molecule has 0 radical (unpaired) electrons. The zero-order valence-corrected chi connectivity index (χ0v) is 17.8. The Balaban J connectivity index is 2.47. The standard InChI is InChI=1S/C22H31NO6/c1-13(2)11-28-20(25)18-16(24)9-22(5,27)19(21(26)29-12-14(3)4)17(18)15-7-6-8-23-10-15/h6-8,10,13-14,17-19,27H,9,11-12H2,1-5H3/t17-,18+,19+,22-/m1/s1. The van der Waals surface area contributed by atoms with Gasteiger partial charge in [0.05, 0.1) is 24.7 Å². The van der Waals surface area contributed by atoms with Gasteiger partial charge in [0.25, 0.3) is 0 Å². The summed E-state index contributed by atoms with van der Waals surface area (Å²) in [5.74, 6) is -4.78. The molecule has 1 aromatic rings. The quantitative estimate of drug-likeness (QED) is 0.549. The van der Waals surface area contributed by atoms with Crippen LogP contribution in [0.5, 0.6) is 0 Å². The molecule has 1 fully saturated rings. The van der Waals surface area contributed by atoms with Crippen molar-refractivity contribution in [1.82, 2.24) is 4.98 Å². The lowest BCUT2D eigenvalue weighted by atomic mass is 9.62. The van der Waals surface area contributed by atoms with Gasteiger partial charge in [-0.15, -0.1) is 0 Å². The molecular formula is C22H31NO6. The van der Waals surface area contributed by atoms with Crippen LogP contribution >= 0.6 is 0 Å². The number of pyridine rings is 1. The van der Waals surface area contributed by atoms with E-state index in [9.17, 15) is 19.5 Å². The van der Waals surface area contributed by atoms with Crippen molar-refractivity contribution in [2.45, 2.75) is 52.6 Å². The molecule has 0 aliphatic heterocycles. The first-order valence-electron chi connectivity index (χ1n) is 10.0. The van der Waals surface area contributed by atoms with Gasteiger partial charge in [0, 0.05) is 24.7 Å². The van der Waals surface area contributed by atoms with Crippen molar-refractivity contribution in [3.8, 4) is 0 Å². The third-order valence-corrected chi connectivity index (χ3v) is 4.96. The second kappa shape index (κ2) is 9.48. The van der Waals surface area contributed by atoms with E-state index in [1.54, 1.807) is 18.3 Å². The normalized spacial score (nSPS) is 27.2. The maximum absolute atomic E-state index is 13.0. The number of hydrogen-bond donors (Lipinski definition) is 1. The van der Waals surface area contributed by atoms with Crippen LogP contribution in [0.1, 0.15) is 52.5 Å². The van der Waals surface area contributed by atoms with E-state index in [0.29, 0.717) is 5.56 Å². The van der Waals surface area contributed by atoms with Gasteiger partial charge in [0.15, 0.2) is 5.78 Å². The molecular weight excluding hydrogens is 374 g/mol. The Hall–Kier alpha value is -2.28. The average Bonchev–Trinajstić information content (AvgIpc) is 2.63. The summed E-state index contributed by atoms with van der Waals surface area (Å²) in [6.07, 6.45) is 2.74. The van der Waals surface area contributed by atoms with Crippen LogP contribution in [0, 0.1) is 23.7 Å². The third-order valence-electron chi connectivity index (χ3n) is 4.96. The smallest absolute Gasteiger partial charge is 0.317 e. The van der Waals surface area contributed by atoms with Gasteiger partial charge in [-0.1, -0.05) is 33.8 Å². The highest BCUT2D eigenvalue weighted by atomic mass is 16.5. The number of hydrogen-bond acceptors (Lipinski definition) is 7. The van der Waals surface area contributed by atoms with Gasteiger partial charge >= 0.3 is 11.9 Å². The monoisotopic (exact) mass is 405 g/mol. The molecule has 1 aromatic heterocycles. The van der Waals surface area contributed by atoms with E-state index in [0.717, 1.165) is 0 Å². The van der Waals surface area contributed by atoms with Gasteiger partial charge in [-0.2, -0.15) is 0 Å². The largest absolute Gasteiger partial charge is 0.465 e. The molecule has 4 atom stereocenters. The van der Waals surface area contributed by atoms with Crippen molar-refractivity contribution in [2.75, 3.05) is 13.2 Å². The first-order chi connectivity index (χ1) is 13.5. The minimum absolute atomic E-state index is 0.101. The fourth-order valence-electron chi connectivity index (χ4n) is 3.67. The topological polar surface area (TPSA) is 103 Å². The fourth-order valence-corrected chi connectivity index (χ4v) is 3.67. The Morgan fingerprint density at radius 2 is 1.76 bits per heavy atom. The summed E-state index contributed by atoms with van der Waals surface area (Å²) in [7, 11) is 0. The number of esters is 2. The number of aliphatic hydroxyl groups is 1. The summed E-state index contributed by atoms with van der Waals surface area (Å²) in [5, 5.41) is 11.0. The highest BCUT2D eigenvalue weighted by Gasteiger charge is 2.57. The van der Waals surface area contributed by atoms with Gasteiger partial charge in [-0.25, -0.2) is 0 Å². The summed E-state index contributed by atoms with van der Waals surface area (Å²) in [4.78, 5) is 42.8. The number of ether oxygens (including phenoxy) is 2. The number of aromatic nitrogens is 1. The first kappa shape index (κ1) is 23.0. The molecule has 7 heteroatoms. The Morgan fingerprint density at radius 3 is 2.28 bits per heavy atom. The summed E-state index contributed by atoms with van der Waals surface area (Å²) in [6.45, 7) is 9.38. The molecule has 1 aliphatic carbocycles. The van der Waals surface area contributed by atoms with Crippen LogP contribution in [0.3, 0.4) is 0 Å². The predicted molar refractivity (Wildman–Crippen MR) is 106 cm³/mol. The number of carbonyl (C=O) groups excluding carboxylic acids is 3. The fraction of sp³-hybridized carbons (Fsp3) is 0.636. The van der Waals surface area contributed by atoms with Gasteiger partial charge in [-0.05, 0) is 30.4 Å². The van der Waals surface area contributed by atoms with Crippen LogP contribution in [0.15, 0.2) is 24.5 Å². The van der Waals surface area contributed by atoms with Gasteiger partial charge in [-0.3, -0.25) is 19.4 Å². The van der Waals surface area contributed by atoms with E-state index in [1.807, 2.05) is 27.7 Å². The van der Waals surface area contributed by atoms with Crippen molar-refractivity contribution >= 4 is 17.7 Å². The molecule has 0 spiro atoms. The van der Waals surface area contributed by atoms with Crippen molar-refractivity contribution < 1.29 is 29.0 Å². The molecule has 160 valence electrons. The average molecular weight is 405 g/mol. The number of nitrogens with zero attached hydrogens (tertiary/aromatic N) is 1. The summed E-state index contributed by atoms with van der Waals surface area (Å²) >= 11 is 0. The van der Waals surface area contributed by atoms with E-state index in [1.165, 1.54) is 13.1 Å². The van der Waals surface area contributed by atoms with Crippen LogP contribution in [0.2, 0.25) is 0 Å². The van der Waals surface area contributed by atoms with Crippen molar-refractivity contribution in [3.05, 3.63) is 30.1 Å². The lowest BCUT2D eigenvalue weighted by Crippen LogP contribution is -2.55. The van der Waals surface area contributed by atoms with Crippen molar-refractivity contribution in [3.63, 3.8) is 0 Å². The summed E-state index contributed by atoms with van der Waals surface area (Å²) in [6, 6.07) is 3.36. The molecule has 2 rings (SSSR count). The van der Waals surface area contributed by atoms with Crippen molar-refractivity contribution in [2.24, 2.45) is 23.7 Å². The molecule has 0 bridgehead atoms. The lowest BCUT2D eigenvalue weighted by molar-refractivity contribution is -0.173. The van der Waals surface area contributed by atoms with Crippen LogP contribution in [0.4, 0.5) is 0 Å². The Bertz CT molecular complexity index is 728. The third kappa shape index (κ3) is 5.63. The molecule has 0 saturated heterocycles. The van der Waals surface area contributed by atoms with E-state index >= 15 is 0 Å². The number of ketones is 1. The molecule has 7 nitrogen and oxygen atoms in total. The molecule has 1 aliphatic rings. The molecule has 1 saturated carbocycles. The maximum Gasteiger partial charge on any atom is 0.317 e. The number of rotatable bonds is 7. The van der Waals surface area contributed by atoms with Gasteiger partial charge < -0.3 is 14.6 Å². The lowest BCUT2D eigenvalue weighted by Gasteiger charge is -2.43. The van der Waals surface area contributed by atoms with Gasteiger partial charge in [0.1, 0.15) is 5.92 Å². The molecule has 29 heavy (non-hydrogen) atoms. The van der Waals surface area contributed by atoms with Gasteiger partial charge in [0.2, 0.25) is 0 Å². The molecule has 1 heterocycles. The maximum atomic E-state index is 13.0. The highest BCUT2D eigenvalue weighted by molar-refractivity contribution is 6.02. The molecule has 0 unspecified atom stereocenters. The molecule has 0 aromatic carbocycles. The van der Waals surface area contributed by atoms with Crippen LogP contribution in [0.25, 0.3) is 0 Å². The van der Waals surface area contributed by atoms with E-state index in [2.05, 4.69) is 4.98 Å².